The van der Waals surface area contributed by atoms with Crippen LogP contribution in [0.15, 0.2) is 88.2 Å². The molecule has 1 amide bonds. The van der Waals surface area contributed by atoms with E-state index in [-0.39, 0.29) is 23.2 Å². The Morgan fingerprint density at radius 1 is 1.07 bits per heavy atom. The van der Waals surface area contributed by atoms with Gasteiger partial charge in [0.25, 0.3) is 0 Å². The summed E-state index contributed by atoms with van der Waals surface area (Å²) in [6.45, 7) is 5.94. The number of allylic oxidation sites excluding steroid dienone is 1. The molecule has 2 unspecified atom stereocenters. The van der Waals surface area contributed by atoms with Gasteiger partial charge in [-0.05, 0) is 93.7 Å². The van der Waals surface area contributed by atoms with Crippen LogP contribution in [0.4, 0.5) is 11.4 Å². The highest BCUT2D eigenvalue weighted by Crippen LogP contribution is 2.43. The molecule has 3 aromatic carbocycles. The number of carbonyl (C=O) groups is 1. The van der Waals surface area contributed by atoms with Crippen molar-refractivity contribution in [2.75, 3.05) is 30.4 Å². The van der Waals surface area contributed by atoms with Crippen molar-refractivity contribution in [2.45, 2.75) is 54.3 Å². The molecule has 0 bridgehead atoms. The molecule has 2 heterocycles. The van der Waals surface area contributed by atoms with E-state index in [2.05, 4.69) is 83.7 Å². The lowest BCUT2D eigenvalue weighted by atomic mass is 9.97. The van der Waals surface area contributed by atoms with E-state index in [9.17, 15) is 4.79 Å². The quantitative estimate of drug-likeness (QED) is 0.240. The van der Waals surface area contributed by atoms with Gasteiger partial charge in [0.05, 0.1) is 11.1 Å². The Labute approximate surface area is 248 Å². The topological polar surface area (TPSA) is 96.4 Å². The lowest BCUT2D eigenvalue weighted by Crippen LogP contribution is -2.43. The van der Waals surface area contributed by atoms with E-state index in [1.807, 2.05) is 49.9 Å². The maximum Gasteiger partial charge on any atom is 0.227 e. The van der Waals surface area contributed by atoms with Gasteiger partial charge in [-0.25, -0.2) is 0 Å². The third-order valence-electron chi connectivity index (χ3n) is 7.31. The zero-order valence-corrected chi connectivity index (χ0v) is 25.3. The summed E-state index contributed by atoms with van der Waals surface area (Å²) < 4.78 is 0. The van der Waals surface area contributed by atoms with Crippen LogP contribution in [0, 0.1) is 5.92 Å². The summed E-state index contributed by atoms with van der Waals surface area (Å²) in [7, 11) is 2.13. The Balaban J connectivity index is 0.000000201. The summed E-state index contributed by atoms with van der Waals surface area (Å²) in [5, 5.41) is 6.44. The van der Waals surface area contributed by atoms with Crippen LogP contribution in [0.5, 0.6) is 0 Å². The smallest absolute Gasteiger partial charge is 0.227 e. The number of benzene rings is 3. The van der Waals surface area contributed by atoms with Gasteiger partial charge in [0.2, 0.25) is 5.91 Å². The standard InChI is InChI=1S/C20H25N3S.C12H16N2OS/c1-13(2)19(22)15-8-6-7-14(11-15)12-16(21)20-23(3)17-9-4-5-10-18(17)24-20;15-12(9-4-6-13-7-5-9)14-10-2-1-3-11(16)8-10/h4-11,16,20H,12,21-22H2,1-3H3;1-3,8-9,13,16H,4-7H2,(H,14,15). The molecule has 40 heavy (non-hydrogen) atoms. The summed E-state index contributed by atoms with van der Waals surface area (Å²) in [6, 6.07) is 24.5. The molecule has 0 saturated carbocycles. The number of rotatable bonds is 6. The van der Waals surface area contributed by atoms with Gasteiger partial charge in [0.1, 0.15) is 0 Å². The third kappa shape index (κ3) is 7.85. The van der Waals surface area contributed by atoms with Crippen LogP contribution in [-0.2, 0) is 11.2 Å². The fraction of sp³-hybridized carbons (Fsp3) is 0.344. The normalized spacial score (nSPS) is 17.3. The first-order valence-corrected chi connectivity index (χ1v) is 15.1. The van der Waals surface area contributed by atoms with E-state index in [1.54, 1.807) is 0 Å². The summed E-state index contributed by atoms with van der Waals surface area (Å²) in [5.74, 6) is 0.269. The summed E-state index contributed by atoms with van der Waals surface area (Å²) in [4.78, 5) is 16.4. The minimum absolute atomic E-state index is 0.0515. The molecule has 2 aliphatic heterocycles. The molecule has 8 heteroatoms. The number of thioether (sulfide) groups is 1. The van der Waals surface area contributed by atoms with Crippen molar-refractivity contribution < 1.29 is 4.79 Å². The highest BCUT2D eigenvalue weighted by molar-refractivity contribution is 8.00. The summed E-state index contributed by atoms with van der Waals surface area (Å²) in [6.07, 6.45) is 2.68. The second-order valence-electron chi connectivity index (χ2n) is 10.6. The molecule has 2 aliphatic rings. The van der Waals surface area contributed by atoms with Gasteiger partial charge in [-0.2, -0.15) is 0 Å². The Morgan fingerprint density at radius 2 is 1.80 bits per heavy atom. The lowest BCUT2D eigenvalue weighted by molar-refractivity contribution is -0.120. The minimum Gasteiger partial charge on any atom is -0.398 e. The van der Waals surface area contributed by atoms with E-state index < -0.39 is 0 Å². The fourth-order valence-electron chi connectivity index (χ4n) is 5.01. The van der Waals surface area contributed by atoms with Crippen molar-refractivity contribution in [1.82, 2.24) is 5.32 Å². The van der Waals surface area contributed by atoms with Crippen LogP contribution in [0.3, 0.4) is 0 Å². The zero-order chi connectivity index (χ0) is 28.6. The van der Waals surface area contributed by atoms with Crippen LogP contribution >= 0.6 is 24.4 Å². The van der Waals surface area contributed by atoms with Crippen LogP contribution < -0.4 is 27.0 Å². The molecule has 6 N–H and O–H groups in total. The molecule has 0 radical (unpaired) electrons. The number of thiol groups is 1. The predicted molar refractivity (Wildman–Crippen MR) is 173 cm³/mol. The number of anilines is 2. The molecular weight excluding hydrogens is 535 g/mol. The zero-order valence-electron chi connectivity index (χ0n) is 23.6. The molecule has 0 spiro atoms. The Morgan fingerprint density at radius 3 is 2.50 bits per heavy atom. The lowest BCUT2D eigenvalue weighted by Gasteiger charge is -2.27. The minimum atomic E-state index is 0.0515. The van der Waals surface area contributed by atoms with E-state index in [0.29, 0.717) is 0 Å². The number of nitrogens with one attached hydrogen (secondary N) is 2. The van der Waals surface area contributed by atoms with Gasteiger partial charge < -0.3 is 27.0 Å². The Hall–Kier alpha value is -2.91. The number of nitrogens with zero attached hydrogens (tertiary/aromatic N) is 1. The molecule has 6 nitrogen and oxygen atoms in total. The predicted octanol–water partition coefficient (Wildman–Crippen LogP) is 5.75. The first kappa shape index (κ1) is 30.1. The Bertz CT molecular complexity index is 1330. The number of carbonyl (C=O) groups excluding carboxylic acids is 1. The first-order chi connectivity index (χ1) is 19.2. The highest BCUT2D eigenvalue weighted by Gasteiger charge is 2.31. The van der Waals surface area contributed by atoms with E-state index in [0.717, 1.165) is 59.8 Å². The second-order valence-corrected chi connectivity index (χ2v) is 12.3. The average molecular weight is 576 g/mol. The first-order valence-electron chi connectivity index (χ1n) is 13.8. The second kappa shape index (κ2) is 14.1. The van der Waals surface area contributed by atoms with Gasteiger partial charge in [-0.1, -0.05) is 53.7 Å². The largest absolute Gasteiger partial charge is 0.398 e. The SMILES string of the molecule is CC(C)=C(N)c1cccc(CC(N)C2Sc3ccccc3N2C)c1.O=C(Nc1cccc(S)c1)C1CCNCC1. The number of fused-ring (bicyclic) bond motifs is 1. The number of piperidine rings is 1. The van der Waals surface area contributed by atoms with Crippen LogP contribution in [0.1, 0.15) is 37.8 Å². The molecule has 0 aliphatic carbocycles. The van der Waals surface area contributed by atoms with E-state index in [4.69, 9.17) is 11.5 Å². The van der Waals surface area contributed by atoms with Crippen LogP contribution in [0.2, 0.25) is 0 Å². The summed E-state index contributed by atoms with van der Waals surface area (Å²) in [5.41, 5.74) is 19.1. The highest BCUT2D eigenvalue weighted by atomic mass is 32.2. The van der Waals surface area contributed by atoms with Crippen molar-refractivity contribution in [1.29, 1.82) is 0 Å². The van der Waals surface area contributed by atoms with Crippen LogP contribution in [-0.4, -0.2) is 37.5 Å². The van der Waals surface area contributed by atoms with E-state index >= 15 is 0 Å². The maximum atomic E-state index is 11.9. The molecule has 5 rings (SSSR count). The van der Waals surface area contributed by atoms with Crippen molar-refractivity contribution in [2.24, 2.45) is 17.4 Å². The monoisotopic (exact) mass is 575 g/mol. The van der Waals surface area contributed by atoms with Gasteiger partial charge in [-0.15, -0.1) is 12.6 Å². The number of likely N-dealkylation sites (N-methyl/N-ethyl adjacent to an activating group) is 1. The summed E-state index contributed by atoms with van der Waals surface area (Å²) >= 11 is 6.10. The number of nitrogens with two attached hydrogens (primary N) is 2. The average Bonchev–Trinajstić information content (AvgIpc) is 3.30. The number of hydrogen-bond donors (Lipinski definition) is 5. The van der Waals surface area contributed by atoms with Gasteiger partial charge >= 0.3 is 0 Å². The molecule has 1 fully saturated rings. The van der Waals surface area contributed by atoms with Crippen molar-refractivity contribution in [3.05, 3.63) is 89.5 Å². The number of amides is 1. The van der Waals surface area contributed by atoms with Crippen molar-refractivity contribution in [3.63, 3.8) is 0 Å². The number of hydrogen-bond acceptors (Lipinski definition) is 7. The Kier molecular flexibility index (Phi) is 10.6. The molecule has 2 atom stereocenters. The molecule has 212 valence electrons. The fourth-order valence-corrected chi connectivity index (χ4v) is 6.53. The molecule has 3 aromatic rings. The van der Waals surface area contributed by atoms with Crippen LogP contribution in [0.25, 0.3) is 5.70 Å². The van der Waals surface area contributed by atoms with Gasteiger partial charge in [-0.3, -0.25) is 4.79 Å². The maximum absolute atomic E-state index is 11.9. The van der Waals surface area contributed by atoms with Gasteiger partial charge in [0, 0.05) is 40.2 Å². The molecule has 0 aromatic heterocycles. The van der Waals surface area contributed by atoms with Crippen molar-refractivity contribution >= 4 is 47.4 Å². The van der Waals surface area contributed by atoms with Crippen molar-refractivity contribution in [3.8, 4) is 0 Å². The third-order valence-corrected chi connectivity index (χ3v) is 9.10. The molecule has 1 saturated heterocycles. The molecular formula is C32H41N5OS2. The van der Waals surface area contributed by atoms with Gasteiger partial charge in [0.15, 0.2) is 0 Å². The van der Waals surface area contributed by atoms with E-state index in [1.165, 1.54) is 16.1 Å². The number of para-hydroxylation sites is 1.